The van der Waals surface area contributed by atoms with Crippen LogP contribution in [0.15, 0.2) is 0 Å². The molecule has 0 bridgehead atoms. The van der Waals surface area contributed by atoms with E-state index in [1.165, 1.54) is 43.4 Å². The number of carbonyl (C=O) groups excluding carboxylic acids is 2. The van der Waals surface area contributed by atoms with E-state index < -0.39 is 0 Å². The highest BCUT2D eigenvalue weighted by Gasteiger charge is 2.28. The maximum absolute atomic E-state index is 12.6. The Kier molecular flexibility index (Phi) is 7.76. The number of amides is 2. The van der Waals surface area contributed by atoms with E-state index in [1.54, 1.807) is 4.90 Å². The lowest BCUT2D eigenvalue weighted by Crippen LogP contribution is -2.43. The molecular weight excluding hydrogens is 412 g/mol. The van der Waals surface area contributed by atoms with E-state index in [0.717, 1.165) is 63.5 Å². The van der Waals surface area contributed by atoms with Gasteiger partial charge in [0, 0.05) is 51.1 Å². The molecule has 0 aromatic carbocycles. The molecule has 1 saturated carbocycles. The van der Waals surface area contributed by atoms with Crippen molar-refractivity contribution in [3.05, 3.63) is 0 Å². The lowest BCUT2D eigenvalue weighted by atomic mass is 9.94. The number of nitrogens with zero attached hydrogens (tertiary/aromatic N) is 5. The van der Waals surface area contributed by atoms with Gasteiger partial charge in [-0.3, -0.25) is 14.5 Å². The van der Waals surface area contributed by atoms with Crippen LogP contribution in [0.3, 0.4) is 0 Å². The maximum Gasteiger partial charge on any atom is 0.228 e. The quantitative estimate of drug-likeness (QED) is 0.691. The summed E-state index contributed by atoms with van der Waals surface area (Å²) in [6.07, 6.45) is 10.9. The highest BCUT2D eigenvalue weighted by Crippen LogP contribution is 2.32. The van der Waals surface area contributed by atoms with Crippen molar-refractivity contribution >= 4 is 33.4 Å². The number of anilines is 2. The van der Waals surface area contributed by atoms with Gasteiger partial charge in [0.2, 0.25) is 22.1 Å². The number of rotatable bonds is 7. The summed E-state index contributed by atoms with van der Waals surface area (Å²) in [5.41, 5.74) is 0. The molecule has 0 spiro atoms. The molecule has 1 aromatic heterocycles. The van der Waals surface area contributed by atoms with E-state index in [2.05, 4.69) is 32.4 Å². The average Bonchev–Trinajstić information content (AvgIpc) is 3.30. The predicted molar refractivity (Wildman–Crippen MR) is 124 cm³/mol. The first-order valence-corrected chi connectivity index (χ1v) is 12.8. The Balaban J connectivity index is 1.19. The minimum Gasteiger partial charge on any atom is -0.355 e. The van der Waals surface area contributed by atoms with Gasteiger partial charge in [-0.2, -0.15) is 0 Å². The number of hydrogen-bond acceptors (Lipinski definition) is 7. The third-order valence-electron chi connectivity index (χ3n) is 7.06. The number of aromatic nitrogens is 2. The first-order valence-electron chi connectivity index (χ1n) is 12.0. The second-order valence-corrected chi connectivity index (χ2v) is 10.1. The summed E-state index contributed by atoms with van der Waals surface area (Å²) in [5, 5.41) is 13.3. The molecule has 172 valence electrons. The van der Waals surface area contributed by atoms with Crippen LogP contribution in [-0.4, -0.2) is 72.7 Å². The van der Waals surface area contributed by atoms with Gasteiger partial charge in [0.1, 0.15) is 0 Å². The zero-order valence-electron chi connectivity index (χ0n) is 18.7. The number of piperidine rings is 2. The third kappa shape index (κ3) is 5.74. The number of likely N-dealkylation sites (N-methyl/N-ethyl adjacent to an activating group) is 1. The normalized spacial score (nSPS) is 21.7. The Morgan fingerprint density at radius 1 is 1.03 bits per heavy atom. The van der Waals surface area contributed by atoms with Gasteiger partial charge in [0.05, 0.1) is 0 Å². The zero-order valence-corrected chi connectivity index (χ0v) is 19.5. The Morgan fingerprint density at radius 3 is 2.52 bits per heavy atom. The number of nitrogens with one attached hydrogen (secondary N) is 1. The Morgan fingerprint density at radius 2 is 1.77 bits per heavy atom. The molecule has 1 N–H and O–H groups in total. The van der Waals surface area contributed by atoms with Gasteiger partial charge in [-0.15, -0.1) is 10.2 Å². The standard InChI is InChI=1S/C22H36N6O2S/c1-26(18-7-3-2-4-8-18)16-12-23-20(30)17-10-14-27(15-11-17)21-24-25-22(31-21)28-13-6-5-9-19(28)29/h17-18H,2-16H2,1H3,(H,23,30). The van der Waals surface area contributed by atoms with E-state index in [1.807, 2.05) is 0 Å². The van der Waals surface area contributed by atoms with Gasteiger partial charge in [-0.1, -0.05) is 30.6 Å². The second kappa shape index (κ2) is 10.7. The summed E-state index contributed by atoms with van der Waals surface area (Å²) < 4.78 is 0. The summed E-state index contributed by atoms with van der Waals surface area (Å²) in [5.74, 6) is 0.416. The predicted octanol–water partition coefficient (Wildman–Crippen LogP) is 2.65. The minimum absolute atomic E-state index is 0.0762. The van der Waals surface area contributed by atoms with Gasteiger partial charge in [0.15, 0.2) is 0 Å². The van der Waals surface area contributed by atoms with E-state index in [9.17, 15) is 9.59 Å². The van der Waals surface area contributed by atoms with Crippen LogP contribution in [0.5, 0.6) is 0 Å². The Labute approximate surface area is 189 Å². The summed E-state index contributed by atoms with van der Waals surface area (Å²) in [6, 6.07) is 0.686. The first-order chi connectivity index (χ1) is 15.1. The Bertz CT molecular complexity index is 742. The van der Waals surface area contributed by atoms with Gasteiger partial charge in [-0.05, 0) is 45.6 Å². The highest BCUT2D eigenvalue weighted by molar-refractivity contribution is 7.19. The van der Waals surface area contributed by atoms with Crippen molar-refractivity contribution in [3.63, 3.8) is 0 Å². The van der Waals surface area contributed by atoms with Crippen molar-refractivity contribution in [1.29, 1.82) is 0 Å². The van der Waals surface area contributed by atoms with E-state index in [0.29, 0.717) is 17.6 Å². The van der Waals surface area contributed by atoms with Crippen LogP contribution in [0.1, 0.15) is 64.2 Å². The molecule has 1 aromatic rings. The fourth-order valence-corrected chi connectivity index (χ4v) is 5.93. The Hall–Kier alpha value is -1.74. The molecule has 3 fully saturated rings. The van der Waals surface area contributed by atoms with Crippen LogP contribution < -0.4 is 15.1 Å². The van der Waals surface area contributed by atoms with Crippen LogP contribution in [0.4, 0.5) is 10.3 Å². The second-order valence-electron chi connectivity index (χ2n) is 9.19. The fourth-order valence-electron chi connectivity index (χ4n) is 4.99. The lowest BCUT2D eigenvalue weighted by Gasteiger charge is -2.32. The molecule has 2 aliphatic heterocycles. The molecule has 1 aliphatic carbocycles. The molecule has 4 rings (SSSR count). The first kappa shape index (κ1) is 22.5. The fraction of sp³-hybridized carbons (Fsp3) is 0.818. The molecule has 2 saturated heterocycles. The maximum atomic E-state index is 12.6. The molecule has 8 nitrogen and oxygen atoms in total. The van der Waals surface area contributed by atoms with Gasteiger partial charge in [-0.25, -0.2) is 0 Å². The number of carbonyl (C=O) groups is 2. The minimum atomic E-state index is 0.0762. The lowest BCUT2D eigenvalue weighted by molar-refractivity contribution is -0.125. The largest absolute Gasteiger partial charge is 0.355 e. The van der Waals surface area contributed by atoms with Gasteiger partial charge >= 0.3 is 0 Å². The monoisotopic (exact) mass is 448 g/mol. The zero-order chi connectivity index (χ0) is 21.6. The summed E-state index contributed by atoms with van der Waals surface area (Å²) >= 11 is 1.49. The van der Waals surface area contributed by atoms with Crippen LogP contribution in [0.2, 0.25) is 0 Å². The van der Waals surface area contributed by atoms with Crippen molar-refractivity contribution in [3.8, 4) is 0 Å². The average molecular weight is 449 g/mol. The molecule has 0 radical (unpaired) electrons. The summed E-state index contributed by atoms with van der Waals surface area (Å²) in [6.45, 7) is 4.02. The van der Waals surface area contributed by atoms with Crippen molar-refractivity contribution in [2.24, 2.45) is 5.92 Å². The van der Waals surface area contributed by atoms with Crippen LogP contribution in [-0.2, 0) is 9.59 Å². The van der Waals surface area contributed by atoms with Crippen molar-refractivity contribution < 1.29 is 9.59 Å². The molecule has 0 unspecified atom stereocenters. The van der Waals surface area contributed by atoms with Gasteiger partial charge < -0.3 is 15.1 Å². The molecule has 31 heavy (non-hydrogen) atoms. The summed E-state index contributed by atoms with van der Waals surface area (Å²) in [4.78, 5) is 31.1. The SMILES string of the molecule is CN(CCNC(=O)C1CCN(c2nnc(N3CCCCC3=O)s2)CC1)C1CCCCC1. The van der Waals surface area contributed by atoms with E-state index >= 15 is 0 Å². The molecule has 3 heterocycles. The highest BCUT2D eigenvalue weighted by atomic mass is 32.1. The topological polar surface area (TPSA) is 81.7 Å². The molecule has 0 atom stereocenters. The summed E-state index contributed by atoms with van der Waals surface area (Å²) in [7, 11) is 2.19. The van der Waals surface area contributed by atoms with Gasteiger partial charge in [0.25, 0.3) is 0 Å². The van der Waals surface area contributed by atoms with Crippen molar-refractivity contribution in [1.82, 2.24) is 20.4 Å². The van der Waals surface area contributed by atoms with Crippen LogP contribution in [0, 0.1) is 5.92 Å². The number of hydrogen-bond donors (Lipinski definition) is 1. The van der Waals surface area contributed by atoms with Crippen molar-refractivity contribution in [2.45, 2.75) is 70.3 Å². The van der Waals surface area contributed by atoms with Crippen LogP contribution in [0.25, 0.3) is 0 Å². The van der Waals surface area contributed by atoms with Crippen molar-refractivity contribution in [2.75, 3.05) is 49.6 Å². The van der Waals surface area contributed by atoms with Crippen LogP contribution >= 0.6 is 11.3 Å². The molecule has 2 amide bonds. The third-order valence-corrected chi connectivity index (χ3v) is 8.06. The molecule has 9 heteroatoms. The smallest absolute Gasteiger partial charge is 0.228 e. The molecule has 3 aliphatic rings. The van der Waals surface area contributed by atoms with E-state index in [4.69, 9.17) is 0 Å². The molecular formula is C22H36N6O2S. The van der Waals surface area contributed by atoms with E-state index in [-0.39, 0.29) is 17.7 Å².